The van der Waals surface area contributed by atoms with Crippen LogP contribution in [0.3, 0.4) is 0 Å². The number of hydrogen-bond donors (Lipinski definition) is 2. The number of hydrogen-bond acceptors (Lipinski definition) is 4. The summed E-state index contributed by atoms with van der Waals surface area (Å²) in [5, 5.41) is 20.6. The molecule has 5 nitrogen and oxygen atoms in total. The molecule has 0 amide bonds. The average Bonchev–Trinajstić information content (AvgIpc) is 2.54. The Balaban J connectivity index is 0.00000338. The van der Waals surface area contributed by atoms with Crippen molar-refractivity contribution in [3.8, 4) is 0 Å². The Labute approximate surface area is 182 Å². The van der Waals surface area contributed by atoms with Crippen LogP contribution < -0.4 is 4.31 Å². The molecule has 0 aliphatic heterocycles. The molecular formula is C19H28NO4SY-. The zero-order chi connectivity index (χ0) is 18.5. The Morgan fingerprint density at radius 3 is 2.27 bits per heavy atom. The van der Waals surface area contributed by atoms with Crippen molar-refractivity contribution in [2.75, 3.05) is 17.1 Å². The molecule has 1 aliphatic rings. The molecule has 7 heteroatoms. The fourth-order valence-corrected chi connectivity index (χ4v) is 3.92. The van der Waals surface area contributed by atoms with Gasteiger partial charge in [-0.3, -0.25) is 4.31 Å². The van der Waals surface area contributed by atoms with E-state index in [1.54, 1.807) is 24.3 Å². The van der Waals surface area contributed by atoms with E-state index in [1.165, 1.54) is 10.6 Å². The predicted octanol–water partition coefficient (Wildman–Crippen LogP) is 2.96. The molecule has 1 unspecified atom stereocenters. The van der Waals surface area contributed by atoms with Gasteiger partial charge in [-0.25, -0.2) is 8.42 Å². The molecule has 2 N–H and O–H groups in total. The van der Waals surface area contributed by atoms with Crippen molar-refractivity contribution in [1.82, 2.24) is 0 Å². The zero-order valence-corrected chi connectivity index (χ0v) is 19.0. The molecule has 0 heterocycles. The number of sulfonamides is 1. The van der Waals surface area contributed by atoms with Crippen molar-refractivity contribution in [3.63, 3.8) is 0 Å². The summed E-state index contributed by atoms with van der Waals surface area (Å²) in [7, 11) is -3.39. The number of allylic oxidation sites excluding steroid dienone is 1. The first-order valence-corrected chi connectivity index (χ1v) is 10.5. The third-order valence-electron chi connectivity index (χ3n) is 4.66. The summed E-state index contributed by atoms with van der Waals surface area (Å²) in [4.78, 5) is 0. The number of unbranched alkanes of at least 4 members (excludes halogenated alkanes) is 1. The summed E-state index contributed by atoms with van der Waals surface area (Å²) < 4.78 is 25.5. The molecule has 0 bridgehead atoms. The molecule has 1 aromatic carbocycles. The molecule has 0 aromatic heterocycles. The monoisotopic (exact) mass is 455 g/mol. The maximum Gasteiger partial charge on any atom is 0.232 e. The molecule has 1 aromatic rings. The molecule has 1 atom stereocenters. The van der Waals surface area contributed by atoms with Crippen molar-refractivity contribution in [2.45, 2.75) is 50.2 Å². The number of aliphatic hydroxyl groups is 2. The van der Waals surface area contributed by atoms with Crippen LogP contribution in [0.5, 0.6) is 0 Å². The zero-order valence-electron chi connectivity index (χ0n) is 15.3. The molecule has 0 spiro atoms. The second-order valence-corrected chi connectivity index (χ2v) is 8.60. The van der Waals surface area contributed by atoms with Gasteiger partial charge < -0.3 is 17.1 Å². The fourth-order valence-electron chi connectivity index (χ4n) is 2.98. The normalized spacial score (nSPS) is 17.4. The topological polar surface area (TPSA) is 77.8 Å². The van der Waals surface area contributed by atoms with Gasteiger partial charge in [-0.1, -0.05) is 30.7 Å². The fraction of sp³-hybridized carbons (Fsp3) is 0.526. The van der Waals surface area contributed by atoms with Crippen LogP contribution in [-0.4, -0.2) is 37.0 Å². The van der Waals surface area contributed by atoms with Gasteiger partial charge in [0.15, 0.2) is 0 Å². The molecule has 26 heavy (non-hydrogen) atoms. The first-order valence-electron chi connectivity index (χ1n) is 8.70. The molecule has 1 fully saturated rings. The molecule has 1 saturated carbocycles. The van der Waals surface area contributed by atoms with E-state index in [1.807, 2.05) is 12.2 Å². The Bertz CT molecular complexity index is 684. The van der Waals surface area contributed by atoms with Crippen molar-refractivity contribution in [1.29, 1.82) is 0 Å². The van der Waals surface area contributed by atoms with Crippen LogP contribution in [0.25, 0.3) is 0 Å². The van der Waals surface area contributed by atoms with Crippen LogP contribution in [0.1, 0.15) is 50.2 Å². The Morgan fingerprint density at radius 1 is 1.23 bits per heavy atom. The Hall–Kier alpha value is -0.266. The van der Waals surface area contributed by atoms with E-state index >= 15 is 0 Å². The van der Waals surface area contributed by atoms with Crippen molar-refractivity contribution in [2.24, 2.45) is 0 Å². The third-order valence-corrected chi connectivity index (χ3v) is 5.86. The predicted molar refractivity (Wildman–Crippen MR) is 101 cm³/mol. The second-order valence-electron chi connectivity index (χ2n) is 6.69. The number of aliphatic hydroxyl groups excluding tert-OH is 1. The van der Waals surface area contributed by atoms with Gasteiger partial charge in [-0.2, -0.15) is 6.42 Å². The van der Waals surface area contributed by atoms with Gasteiger partial charge in [0.05, 0.1) is 17.5 Å². The van der Waals surface area contributed by atoms with Crippen LogP contribution in [0.2, 0.25) is 0 Å². The quantitative estimate of drug-likeness (QED) is 0.444. The summed E-state index contributed by atoms with van der Waals surface area (Å²) >= 11 is 0. The van der Waals surface area contributed by atoms with E-state index in [0.29, 0.717) is 37.1 Å². The molecule has 1 radical (unpaired) electrons. The molecule has 143 valence electrons. The van der Waals surface area contributed by atoms with Crippen LogP contribution in [0.4, 0.5) is 5.69 Å². The van der Waals surface area contributed by atoms with E-state index in [0.717, 1.165) is 19.3 Å². The summed E-state index contributed by atoms with van der Waals surface area (Å²) in [5.74, 6) is 0. The third kappa shape index (κ3) is 6.13. The minimum Gasteiger partial charge on any atom is -0.387 e. The number of rotatable bonds is 9. The van der Waals surface area contributed by atoms with E-state index in [-0.39, 0.29) is 32.7 Å². The van der Waals surface area contributed by atoms with E-state index in [2.05, 4.69) is 6.92 Å². The number of nitrogens with zero attached hydrogens (tertiary/aromatic N) is 1. The van der Waals surface area contributed by atoms with E-state index < -0.39 is 21.7 Å². The van der Waals surface area contributed by atoms with Gasteiger partial charge in [0, 0.05) is 39.3 Å². The molecule has 0 saturated heterocycles. The minimum atomic E-state index is -3.39. The first kappa shape index (κ1) is 23.8. The van der Waals surface area contributed by atoms with Gasteiger partial charge in [0.1, 0.15) is 6.10 Å². The second kappa shape index (κ2) is 10.3. The molecular weight excluding hydrogens is 427 g/mol. The maximum atomic E-state index is 12.1. The van der Waals surface area contributed by atoms with Gasteiger partial charge in [0.2, 0.25) is 10.0 Å². The van der Waals surface area contributed by atoms with Gasteiger partial charge >= 0.3 is 0 Å². The largest absolute Gasteiger partial charge is 0.387 e. The van der Waals surface area contributed by atoms with Crippen molar-refractivity contribution >= 4 is 15.7 Å². The summed E-state index contributed by atoms with van der Waals surface area (Å²) in [5.41, 5.74) is 0.121. The number of benzene rings is 1. The minimum absolute atomic E-state index is 0. The van der Waals surface area contributed by atoms with Crippen LogP contribution in [-0.2, 0) is 42.7 Å². The van der Waals surface area contributed by atoms with Gasteiger partial charge in [-0.15, -0.1) is 0 Å². The Kier molecular flexibility index (Phi) is 9.44. The van der Waals surface area contributed by atoms with Crippen molar-refractivity contribution < 1.29 is 51.3 Å². The SMILES string of the molecule is [CH2-]CC/C=C\CCN(c1ccc(C(O)C2(O)CCC2)cc1)S(C)(=O)=O.[Y]. The Morgan fingerprint density at radius 2 is 1.81 bits per heavy atom. The van der Waals surface area contributed by atoms with E-state index in [9.17, 15) is 18.6 Å². The van der Waals surface area contributed by atoms with E-state index in [4.69, 9.17) is 0 Å². The van der Waals surface area contributed by atoms with Gasteiger partial charge in [0.25, 0.3) is 0 Å². The summed E-state index contributed by atoms with van der Waals surface area (Å²) in [6.07, 6.45) is 8.64. The molecule has 2 rings (SSSR count). The van der Waals surface area contributed by atoms with Crippen LogP contribution in [0, 0.1) is 6.92 Å². The summed E-state index contributed by atoms with van der Waals surface area (Å²) in [6, 6.07) is 6.74. The average molecular weight is 455 g/mol. The van der Waals surface area contributed by atoms with Gasteiger partial charge in [-0.05, 0) is 43.4 Å². The standard InChI is InChI=1S/C19H28NO4S.Y/c1-3-4-5-6-7-15-20(25(2,23)24)17-11-9-16(10-12-17)18(21)19(22)13-8-14-19;/h5-6,9-12,18,21-22H,1,3-4,7-8,13-15H2,2H3;/q-1;/b6-5-;. The summed E-state index contributed by atoms with van der Waals surface area (Å²) in [6.45, 7) is 4.12. The maximum absolute atomic E-state index is 12.1. The first-order chi connectivity index (χ1) is 11.8. The van der Waals surface area contributed by atoms with Crippen molar-refractivity contribution in [3.05, 3.63) is 48.9 Å². The van der Waals surface area contributed by atoms with Crippen LogP contribution >= 0.6 is 0 Å². The number of anilines is 1. The molecule has 1 aliphatic carbocycles. The smallest absolute Gasteiger partial charge is 0.232 e. The van der Waals surface area contributed by atoms with Crippen LogP contribution in [0.15, 0.2) is 36.4 Å².